The van der Waals surface area contributed by atoms with Gasteiger partial charge in [0.15, 0.2) is 11.5 Å². The summed E-state index contributed by atoms with van der Waals surface area (Å²) in [4.78, 5) is 23.8. The third-order valence-corrected chi connectivity index (χ3v) is 3.65. The van der Waals surface area contributed by atoms with E-state index in [2.05, 4.69) is 10.6 Å². The van der Waals surface area contributed by atoms with Gasteiger partial charge >= 0.3 is 12.0 Å². The summed E-state index contributed by atoms with van der Waals surface area (Å²) >= 11 is 6.02. The molecule has 1 aromatic carbocycles. The lowest BCUT2D eigenvalue weighted by Gasteiger charge is -2.28. The molecule has 0 radical (unpaired) electrons. The zero-order valence-electron chi connectivity index (χ0n) is 12.9. The summed E-state index contributed by atoms with van der Waals surface area (Å²) in [6, 6.07) is 1.76. The van der Waals surface area contributed by atoms with Crippen LogP contribution in [0.4, 0.5) is 4.79 Å². The number of phenols is 1. The second kappa shape index (κ2) is 6.78. The van der Waals surface area contributed by atoms with Crippen LogP contribution in [0.15, 0.2) is 23.4 Å². The molecule has 0 saturated carbocycles. The van der Waals surface area contributed by atoms with Gasteiger partial charge in [-0.1, -0.05) is 11.6 Å². The van der Waals surface area contributed by atoms with E-state index in [1.165, 1.54) is 19.2 Å². The second-order valence-corrected chi connectivity index (χ2v) is 5.25. The fourth-order valence-electron chi connectivity index (χ4n) is 2.35. The summed E-state index contributed by atoms with van der Waals surface area (Å²) in [6.45, 7) is 3.68. The molecule has 3 N–H and O–H groups in total. The Morgan fingerprint density at radius 1 is 1.43 bits per heavy atom. The normalized spacial score (nSPS) is 17.4. The Labute approximate surface area is 138 Å². The highest BCUT2D eigenvalue weighted by atomic mass is 35.5. The molecule has 7 nitrogen and oxygen atoms in total. The number of amides is 2. The summed E-state index contributed by atoms with van der Waals surface area (Å²) in [5.41, 5.74) is 1.12. The fraction of sp³-hybridized carbons (Fsp3) is 0.333. The Balaban J connectivity index is 2.56. The van der Waals surface area contributed by atoms with Crippen LogP contribution in [0.2, 0.25) is 5.02 Å². The topological polar surface area (TPSA) is 96.9 Å². The molecule has 2 rings (SSSR count). The van der Waals surface area contributed by atoms with Gasteiger partial charge in [-0.25, -0.2) is 9.59 Å². The van der Waals surface area contributed by atoms with Crippen molar-refractivity contribution in [3.63, 3.8) is 0 Å². The first-order valence-corrected chi connectivity index (χ1v) is 7.28. The Kier molecular flexibility index (Phi) is 5.00. The quantitative estimate of drug-likeness (QED) is 0.730. The van der Waals surface area contributed by atoms with Crippen LogP contribution in [-0.4, -0.2) is 30.8 Å². The van der Waals surface area contributed by atoms with Gasteiger partial charge in [-0.05, 0) is 31.5 Å². The number of rotatable bonds is 4. The minimum Gasteiger partial charge on any atom is -0.503 e. The largest absolute Gasteiger partial charge is 0.503 e. The van der Waals surface area contributed by atoms with Crippen molar-refractivity contribution in [1.29, 1.82) is 0 Å². The van der Waals surface area contributed by atoms with Crippen LogP contribution in [0.3, 0.4) is 0 Å². The Morgan fingerprint density at radius 2 is 2.13 bits per heavy atom. The van der Waals surface area contributed by atoms with E-state index < -0.39 is 18.0 Å². The number of phenolic OH excluding ortho intramolecular Hbond substituents is 1. The summed E-state index contributed by atoms with van der Waals surface area (Å²) in [5.74, 6) is -0.607. The van der Waals surface area contributed by atoms with Crippen molar-refractivity contribution in [2.75, 3.05) is 13.7 Å². The molecule has 0 fully saturated rings. The van der Waals surface area contributed by atoms with Gasteiger partial charge in [-0.15, -0.1) is 0 Å². The number of urea groups is 1. The molecule has 23 heavy (non-hydrogen) atoms. The minimum atomic E-state index is -0.770. The van der Waals surface area contributed by atoms with Gasteiger partial charge in [0.2, 0.25) is 0 Å². The van der Waals surface area contributed by atoms with Crippen molar-refractivity contribution >= 4 is 23.6 Å². The van der Waals surface area contributed by atoms with Crippen molar-refractivity contribution in [3.8, 4) is 11.5 Å². The summed E-state index contributed by atoms with van der Waals surface area (Å²) in [7, 11) is 1.26. The maximum atomic E-state index is 12.0. The van der Waals surface area contributed by atoms with E-state index in [1.807, 2.05) is 0 Å². The highest BCUT2D eigenvalue weighted by molar-refractivity contribution is 6.32. The molecule has 0 spiro atoms. The lowest BCUT2D eigenvalue weighted by molar-refractivity contribution is -0.136. The highest BCUT2D eigenvalue weighted by Crippen LogP contribution is 2.39. The first-order chi connectivity index (χ1) is 10.9. The summed E-state index contributed by atoms with van der Waals surface area (Å²) in [5, 5.41) is 15.1. The molecule has 2 amide bonds. The number of hydrogen-bond acceptors (Lipinski definition) is 5. The predicted octanol–water partition coefficient (Wildman–Crippen LogP) is 2.25. The number of methoxy groups -OCH3 is 1. The monoisotopic (exact) mass is 340 g/mol. The zero-order valence-corrected chi connectivity index (χ0v) is 13.7. The minimum absolute atomic E-state index is 0.0561. The molecule has 0 aliphatic carbocycles. The van der Waals surface area contributed by atoms with Gasteiger partial charge in [0.1, 0.15) is 0 Å². The van der Waals surface area contributed by atoms with Crippen LogP contribution in [0, 0.1) is 0 Å². The maximum Gasteiger partial charge on any atom is 0.337 e. The smallest absolute Gasteiger partial charge is 0.337 e. The Morgan fingerprint density at radius 3 is 2.74 bits per heavy atom. The van der Waals surface area contributed by atoms with E-state index in [0.29, 0.717) is 17.9 Å². The van der Waals surface area contributed by atoms with E-state index in [9.17, 15) is 14.7 Å². The zero-order chi connectivity index (χ0) is 17.1. The fourth-order valence-corrected chi connectivity index (χ4v) is 2.57. The number of esters is 1. The number of nitrogens with one attached hydrogen (secondary N) is 2. The SMILES string of the molecule is CCOc1cc([C@@H]2NC(=O)NC(C)=C2C(=O)OC)cc(Cl)c1O. The van der Waals surface area contributed by atoms with Crippen LogP contribution in [-0.2, 0) is 9.53 Å². The van der Waals surface area contributed by atoms with Crippen molar-refractivity contribution in [3.05, 3.63) is 34.0 Å². The number of aromatic hydroxyl groups is 1. The lowest BCUT2D eigenvalue weighted by atomic mass is 9.95. The first kappa shape index (κ1) is 17.0. The van der Waals surface area contributed by atoms with Gasteiger partial charge in [0.25, 0.3) is 0 Å². The summed E-state index contributed by atoms with van der Waals surface area (Å²) < 4.78 is 10.1. The number of carbonyl (C=O) groups is 2. The lowest BCUT2D eigenvalue weighted by Crippen LogP contribution is -2.45. The molecular formula is C15H17ClN2O5. The second-order valence-electron chi connectivity index (χ2n) is 4.84. The number of benzene rings is 1. The van der Waals surface area contributed by atoms with Gasteiger partial charge in [-0.3, -0.25) is 0 Å². The van der Waals surface area contributed by atoms with Gasteiger partial charge in [0, 0.05) is 5.70 Å². The average Bonchev–Trinajstić information content (AvgIpc) is 2.50. The molecule has 8 heteroatoms. The van der Waals surface area contributed by atoms with Crippen molar-refractivity contribution < 1.29 is 24.2 Å². The van der Waals surface area contributed by atoms with Crippen LogP contribution in [0.1, 0.15) is 25.5 Å². The molecule has 1 aromatic rings. The van der Waals surface area contributed by atoms with Crippen LogP contribution >= 0.6 is 11.6 Å². The standard InChI is InChI=1S/C15H17ClN2O5/c1-4-23-10-6-8(5-9(16)13(10)19)12-11(14(20)22-3)7(2)17-15(21)18-12/h5-6,12,19H,4H2,1-3H3,(H2,17,18,21)/t12-/m0/s1. The molecule has 0 bridgehead atoms. The van der Waals surface area contributed by atoms with Crippen molar-refractivity contribution in [2.24, 2.45) is 0 Å². The van der Waals surface area contributed by atoms with Crippen LogP contribution < -0.4 is 15.4 Å². The van der Waals surface area contributed by atoms with Crippen molar-refractivity contribution in [1.82, 2.24) is 10.6 Å². The number of carbonyl (C=O) groups excluding carboxylic acids is 2. The molecule has 1 atom stereocenters. The van der Waals surface area contributed by atoms with E-state index in [0.717, 1.165) is 0 Å². The molecule has 0 saturated heterocycles. The Hall–Kier alpha value is -2.41. The molecular weight excluding hydrogens is 324 g/mol. The predicted molar refractivity (Wildman–Crippen MR) is 83.4 cm³/mol. The van der Waals surface area contributed by atoms with Crippen LogP contribution in [0.5, 0.6) is 11.5 Å². The van der Waals surface area contributed by atoms with E-state index >= 15 is 0 Å². The number of hydrogen-bond donors (Lipinski definition) is 3. The highest BCUT2D eigenvalue weighted by Gasteiger charge is 2.32. The Bertz CT molecular complexity index is 687. The average molecular weight is 341 g/mol. The first-order valence-electron chi connectivity index (χ1n) is 6.90. The van der Waals surface area contributed by atoms with E-state index in [-0.39, 0.29) is 22.1 Å². The van der Waals surface area contributed by atoms with Gasteiger partial charge in [0.05, 0.1) is 30.4 Å². The maximum absolute atomic E-state index is 12.0. The number of allylic oxidation sites excluding steroid dienone is 1. The molecule has 0 aromatic heterocycles. The van der Waals surface area contributed by atoms with Gasteiger partial charge < -0.3 is 25.2 Å². The van der Waals surface area contributed by atoms with Gasteiger partial charge in [-0.2, -0.15) is 0 Å². The van der Waals surface area contributed by atoms with E-state index in [4.69, 9.17) is 21.1 Å². The van der Waals surface area contributed by atoms with Crippen LogP contribution in [0.25, 0.3) is 0 Å². The number of ether oxygens (including phenoxy) is 2. The molecule has 1 heterocycles. The van der Waals surface area contributed by atoms with E-state index in [1.54, 1.807) is 13.8 Å². The molecule has 1 aliphatic rings. The number of halogens is 1. The summed E-state index contributed by atoms with van der Waals surface area (Å²) in [6.07, 6.45) is 0. The molecule has 124 valence electrons. The van der Waals surface area contributed by atoms with Crippen molar-refractivity contribution in [2.45, 2.75) is 19.9 Å². The molecule has 0 unspecified atom stereocenters. The molecule has 1 aliphatic heterocycles. The third-order valence-electron chi connectivity index (χ3n) is 3.36. The third kappa shape index (κ3) is 3.34.